The molecule has 3 aliphatic rings. The summed E-state index contributed by atoms with van der Waals surface area (Å²) >= 11 is 0. The zero-order chi connectivity index (χ0) is 21.5. The topological polar surface area (TPSA) is 116 Å². The van der Waals surface area contributed by atoms with E-state index in [9.17, 15) is 14.7 Å². The maximum atomic E-state index is 12.9. The van der Waals surface area contributed by atoms with E-state index < -0.39 is 24.0 Å². The number of hydrogen-bond acceptors (Lipinski definition) is 4. The molecule has 8 heteroatoms. The normalized spacial score (nSPS) is 26.0. The van der Waals surface area contributed by atoms with Crippen LogP contribution in [0.15, 0.2) is 53.6 Å². The largest absolute Gasteiger partial charge is 0.481 e. The van der Waals surface area contributed by atoms with Crippen LogP contribution in [0.25, 0.3) is 21.6 Å². The fourth-order valence-corrected chi connectivity index (χ4v) is 5.67. The average Bonchev–Trinajstić information content (AvgIpc) is 3.23. The minimum atomic E-state index is -0.973. The third-order valence-corrected chi connectivity index (χ3v) is 6.94. The van der Waals surface area contributed by atoms with Crippen molar-refractivity contribution in [1.29, 1.82) is 0 Å². The van der Waals surface area contributed by atoms with Crippen molar-refractivity contribution >= 4 is 12.1 Å². The van der Waals surface area contributed by atoms with Gasteiger partial charge in [0.15, 0.2) is 0 Å². The summed E-state index contributed by atoms with van der Waals surface area (Å²) in [6.45, 7) is 0.878. The summed E-state index contributed by atoms with van der Waals surface area (Å²) in [6, 6.07) is 15.7. The Morgan fingerprint density at radius 1 is 1.06 bits per heavy atom. The maximum absolute atomic E-state index is 12.9. The van der Waals surface area contributed by atoms with Gasteiger partial charge >= 0.3 is 12.1 Å². The van der Waals surface area contributed by atoms with Crippen LogP contribution in [0, 0.1) is 17.8 Å². The number of azide groups is 1. The fourth-order valence-electron chi connectivity index (χ4n) is 5.67. The molecule has 2 bridgehead atoms. The number of benzene rings is 2. The molecule has 5 rings (SSSR count). The van der Waals surface area contributed by atoms with Gasteiger partial charge in [-0.3, -0.25) is 4.79 Å². The Kier molecular flexibility index (Phi) is 4.79. The quantitative estimate of drug-likeness (QED) is 0.453. The third-order valence-electron chi connectivity index (χ3n) is 6.94. The van der Waals surface area contributed by atoms with Crippen molar-refractivity contribution in [2.24, 2.45) is 22.9 Å². The summed E-state index contributed by atoms with van der Waals surface area (Å²) in [5.41, 5.74) is 13.5. The molecule has 0 aromatic heterocycles. The number of carboxylic acid groups (broad SMARTS) is 1. The van der Waals surface area contributed by atoms with E-state index in [0.717, 1.165) is 22.3 Å². The second-order valence-corrected chi connectivity index (χ2v) is 8.52. The summed E-state index contributed by atoms with van der Waals surface area (Å²) in [6.07, 6.45) is 0.204. The molecule has 0 radical (unpaired) electrons. The van der Waals surface area contributed by atoms with E-state index in [0.29, 0.717) is 19.5 Å². The lowest BCUT2D eigenvalue weighted by Gasteiger charge is -2.32. The van der Waals surface area contributed by atoms with E-state index in [1.807, 2.05) is 24.3 Å². The maximum Gasteiger partial charge on any atom is 0.409 e. The number of fused-ring (bicyclic) bond motifs is 5. The Hall–Kier alpha value is -3.51. The van der Waals surface area contributed by atoms with Crippen LogP contribution in [0.4, 0.5) is 4.79 Å². The van der Waals surface area contributed by atoms with Crippen molar-refractivity contribution in [3.8, 4) is 11.1 Å². The van der Waals surface area contributed by atoms with Gasteiger partial charge < -0.3 is 14.7 Å². The van der Waals surface area contributed by atoms with Gasteiger partial charge in [-0.25, -0.2) is 4.79 Å². The molecule has 1 saturated heterocycles. The number of rotatable bonds is 4. The minimum absolute atomic E-state index is 0.0273. The Bertz CT molecular complexity index is 1030. The molecule has 1 heterocycles. The van der Waals surface area contributed by atoms with Crippen LogP contribution in [0.3, 0.4) is 0 Å². The van der Waals surface area contributed by atoms with Gasteiger partial charge in [0.25, 0.3) is 0 Å². The SMILES string of the molecule is [N-]=[N+]=N[C@@H]1C2CC(CN(C(=O)OCC3c4ccccc4-c4ccccc43)C2)[C@H]1C(=O)O. The number of nitrogens with zero attached hydrogens (tertiary/aromatic N) is 4. The van der Waals surface area contributed by atoms with Crippen molar-refractivity contribution < 1.29 is 19.4 Å². The monoisotopic (exact) mass is 418 g/mol. The molecular weight excluding hydrogens is 396 g/mol. The third kappa shape index (κ3) is 3.20. The number of hydrogen-bond donors (Lipinski definition) is 1. The molecule has 8 nitrogen and oxygen atoms in total. The minimum Gasteiger partial charge on any atom is -0.481 e. The molecule has 1 aliphatic heterocycles. The van der Waals surface area contributed by atoms with E-state index in [1.165, 1.54) is 0 Å². The highest BCUT2D eigenvalue weighted by Crippen LogP contribution is 2.45. The summed E-state index contributed by atoms with van der Waals surface area (Å²) < 4.78 is 5.73. The van der Waals surface area contributed by atoms with Crippen LogP contribution in [0.1, 0.15) is 23.5 Å². The van der Waals surface area contributed by atoms with E-state index in [2.05, 4.69) is 34.3 Å². The van der Waals surface area contributed by atoms with Crippen LogP contribution < -0.4 is 0 Å². The van der Waals surface area contributed by atoms with Crippen LogP contribution in [-0.4, -0.2) is 47.8 Å². The summed E-state index contributed by atoms with van der Waals surface area (Å²) in [4.78, 5) is 29.0. The number of carbonyl (C=O) groups excluding carboxylic acids is 1. The van der Waals surface area contributed by atoms with E-state index in [1.54, 1.807) is 4.90 Å². The molecule has 1 amide bonds. The predicted molar refractivity (Wildman–Crippen MR) is 112 cm³/mol. The van der Waals surface area contributed by atoms with Crippen LogP contribution in [0.2, 0.25) is 0 Å². The number of likely N-dealkylation sites (tertiary alicyclic amines) is 1. The highest BCUT2D eigenvalue weighted by atomic mass is 16.6. The van der Waals surface area contributed by atoms with Gasteiger partial charge in [-0.15, -0.1) is 0 Å². The second kappa shape index (κ2) is 7.63. The lowest BCUT2D eigenvalue weighted by molar-refractivity contribution is -0.143. The molecule has 31 heavy (non-hydrogen) atoms. The number of carbonyl (C=O) groups is 2. The van der Waals surface area contributed by atoms with Gasteiger partial charge in [0.1, 0.15) is 6.61 Å². The summed E-state index contributed by atoms with van der Waals surface area (Å²) in [7, 11) is 0. The van der Waals surface area contributed by atoms with Gasteiger partial charge in [0.05, 0.1) is 12.0 Å². The van der Waals surface area contributed by atoms with Crippen molar-refractivity contribution in [3.63, 3.8) is 0 Å². The number of aliphatic carboxylic acids is 1. The average molecular weight is 418 g/mol. The summed E-state index contributed by atoms with van der Waals surface area (Å²) in [5.74, 6) is -2.14. The number of piperidine rings is 1. The molecule has 1 saturated carbocycles. The van der Waals surface area contributed by atoms with Crippen molar-refractivity contribution in [3.05, 3.63) is 70.1 Å². The van der Waals surface area contributed by atoms with E-state index >= 15 is 0 Å². The fraction of sp³-hybridized carbons (Fsp3) is 0.391. The van der Waals surface area contributed by atoms with Gasteiger partial charge in [0, 0.05) is 23.9 Å². The molecule has 158 valence electrons. The molecule has 2 aliphatic carbocycles. The lowest BCUT2D eigenvalue weighted by atomic mass is 9.94. The Morgan fingerprint density at radius 3 is 2.29 bits per heavy atom. The molecule has 0 spiro atoms. The van der Waals surface area contributed by atoms with Crippen LogP contribution in [0.5, 0.6) is 0 Å². The van der Waals surface area contributed by atoms with Crippen LogP contribution in [-0.2, 0) is 9.53 Å². The molecular formula is C23H22N4O4. The molecule has 1 N–H and O–H groups in total. The van der Waals surface area contributed by atoms with Gasteiger partial charge in [-0.2, -0.15) is 0 Å². The number of carboxylic acids is 1. The molecule has 2 aromatic rings. The van der Waals surface area contributed by atoms with Gasteiger partial charge in [-0.1, -0.05) is 53.6 Å². The Labute approximate surface area is 179 Å². The molecule has 2 fully saturated rings. The Morgan fingerprint density at radius 2 is 1.68 bits per heavy atom. The molecule has 2 unspecified atom stereocenters. The smallest absolute Gasteiger partial charge is 0.409 e. The second-order valence-electron chi connectivity index (χ2n) is 8.52. The zero-order valence-corrected chi connectivity index (χ0v) is 16.8. The zero-order valence-electron chi connectivity index (χ0n) is 16.8. The van der Waals surface area contributed by atoms with Gasteiger partial charge in [0.2, 0.25) is 0 Å². The first-order chi connectivity index (χ1) is 15.1. The highest BCUT2D eigenvalue weighted by Gasteiger charge is 2.51. The number of amides is 1. The highest BCUT2D eigenvalue weighted by molar-refractivity contribution is 5.79. The predicted octanol–water partition coefficient (Wildman–Crippen LogP) is 4.27. The van der Waals surface area contributed by atoms with Crippen molar-refractivity contribution in [2.75, 3.05) is 19.7 Å². The first-order valence-electron chi connectivity index (χ1n) is 10.5. The molecule has 2 aromatic carbocycles. The first kappa shape index (κ1) is 19.5. The number of ether oxygens (including phenoxy) is 1. The van der Waals surface area contributed by atoms with Crippen molar-refractivity contribution in [1.82, 2.24) is 4.90 Å². The summed E-state index contributed by atoms with van der Waals surface area (Å²) in [5, 5.41) is 13.3. The van der Waals surface area contributed by atoms with Crippen molar-refractivity contribution in [2.45, 2.75) is 18.4 Å². The van der Waals surface area contributed by atoms with E-state index in [-0.39, 0.29) is 24.4 Å². The van der Waals surface area contributed by atoms with E-state index in [4.69, 9.17) is 10.3 Å². The lowest BCUT2D eigenvalue weighted by Crippen LogP contribution is -2.42. The molecule has 4 atom stereocenters. The first-order valence-corrected chi connectivity index (χ1v) is 10.5. The van der Waals surface area contributed by atoms with Gasteiger partial charge in [-0.05, 0) is 46.0 Å². The standard InChI is InChI=1S/C23H22N4O4/c24-26-25-21-14-9-13(20(21)22(28)29)10-27(11-14)23(30)31-12-19-17-7-3-1-5-15(17)16-6-2-4-8-18(16)19/h1-8,13-14,19-21H,9-12H2,(H,28,29)/t13?,14?,20-,21-/m1/s1. The van der Waals surface area contributed by atoms with Crippen LogP contribution >= 0.6 is 0 Å². The Balaban J connectivity index is 1.31.